The molecular weight excluding hydrogens is 318 g/mol. The van der Waals surface area contributed by atoms with Gasteiger partial charge in [0.05, 0.1) is 0 Å². The number of ketones is 1. The van der Waals surface area contributed by atoms with Gasteiger partial charge >= 0.3 is 0 Å². The summed E-state index contributed by atoms with van der Waals surface area (Å²) in [5.74, 6) is 1.33. The molecular formula is C24H29NO. The van der Waals surface area contributed by atoms with Crippen molar-refractivity contribution >= 4 is 5.78 Å². The minimum atomic E-state index is 0.342. The molecule has 0 unspecified atom stereocenters. The molecule has 136 valence electrons. The molecule has 2 fully saturated rings. The number of rotatable bonds is 7. The first kappa shape index (κ1) is 17.5. The van der Waals surface area contributed by atoms with E-state index in [0.717, 1.165) is 51.6 Å². The van der Waals surface area contributed by atoms with Crippen molar-refractivity contribution in [2.75, 3.05) is 0 Å². The molecule has 0 radical (unpaired) electrons. The van der Waals surface area contributed by atoms with Gasteiger partial charge in [-0.05, 0) is 49.7 Å². The van der Waals surface area contributed by atoms with Crippen LogP contribution in [0.4, 0.5) is 0 Å². The highest BCUT2D eigenvalue weighted by atomic mass is 16.1. The Morgan fingerprint density at radius 3 is 1.54 bits per heavy atom. The molecule has 2 aromatic rings. The third-order valence-electron chi connectivity index (χ3n) is 6.05. The Morgan fingerprint density at radius 2 is 1.12 bits per heavy atom. The quantitative estimate of drug-likeness (QED) is 0.684. The van der Waals surface area contributed by atoms with E-state index in [2.05, 4.69) is 65.6 Å². The van der Waals surface area contributed by atoms with Crippen LogP contribution in [0.25, 0.3) is 0 Å². The largest absolute Gasteiger partial charge is 0.299 e. The van der Waals surface area contributed by atoms with Gasteiger partial charge in [-0.15, -0.1) is 0 Å². The van der Waals surface area contributed by atoms with Crippen LogP contribution in [0.5, 0.6) is 0 Å². The van der Waals surface area contributed by atoms with Crippen LogP contribution < -0.4 is 0 Å². The van der Waals surface area contributed by atoms with Crippen molar-refractivity contribution in [2.45, 2.75) is 57.7 Å². The Hall–Kier alpha value is -1.93. The second-order valence-corrected chi connectivity index (χ2v) is 8.06. The number of benzene rings is 2. The van der Waals surface area contributed by atoms with E-state index in [0.29, 0.717) is 23.7 Å². The van der Waals surface area contributed by atoms with Crippen LogP contribution >= 0.6 is 0 Å². The van der Waals surface area contributed by atoms with Gasteiger partial charge in [-0.25, -0.2) is 0 Å². The maximum Gasteiger partial charge on any atom is 0.139 e. The fraction of sp³-hybridized carbons (Fsp3) is 0.458. The smallest absolute Gasteiger partial charge is 0.139 e. The fourth-order valence-corrected chi connectivity index (χ4v) is 4.38. The summed E-state index contributed by atoms with van der Waals surface area (Å²) in [7, 11) is 0. The van der Waals surface area contributed by atoms with E-state index in [-0.39, 0.29) is 0 Å². The Balaban J connectivity index is 1.43. The summed E-state index contributed by atoms with van der Waals surface area (Å²) in [6.45, 7) is 1.98. The average Bonchev–Trinajstić information content (AvgIpc) is 3.54. The molecule has 2 aliphatic carbocycles. The SMILES string of the molecule is O=C(C1CC1)[C@H]1CC[C@H](N(Cc2ccccc2)Cc2ccccc2)CC1. The molecule has 0 saturated heterocycles. The van der Waals surface area contributed by atoms with Crippen molar-refractivity contribution in [1.82, 2.24) is 4.90 Å². The first-order valence-electron chi connectivity index (χ1n) is 10.2. The van der Waals surface area contributed by atoms with Gasteiger partial charge in [-0.1, -0.05) is 60.7 Å². The molecule has 2 heteroatoms. The highest BCUT2D eigenvalue weighted by Gasteiger charge is 2.37. The first-order valence-corrected chi connectivity index (χ1v) is 10.2. The third-order valence-corrected chi connectivity index (χ3v) is 6.05. The van der Waals surface area contributed by atoms with Crippen LogP contribution in [-0.4, -0.2) is 16.7 Å². The van der Waals surface area contributed by atoms with E-state index < -0.39 is 0 Å². The van der Waals surface area contributed by atoms with Crippen LogP contribution in [0.3, 0.4) is 0 Å². The predicted molar refractivity (Wildman–Crippen MR) is 106 cm³/mol. The Labute approximate surface area is 157 Å². The molecule has 0 heterocycles. The minimum absolute atomic E-state index is 0.342. The number of carbonyl (C=O) groups is 1. The van der Waals surface area contributed by atoms with E-state index in [4.69, 9.17) is 0 Å². The van der Waals surface area contributed by atoms with E-state index in [9.17, 15) is 4.79 Å². The molecule has 0 bridgehead atoms. The lowest BCUT2D eigenvalue weighted by Crippen LogP contribution is -2.38. The van der Waals surface area contributed by atoms with E-state index in [1.54, 1.807) is 0 Å². The molecule has 2 aromatic carbocycles. The van der Waals surface area contributed by atoms with Crippen molar-refractivity contribution < 1.29 is 4.79 Å². The number of nitrogens with zero attached hydrogens (tertiary/aromatic N) is 1. The zero-order valence-corrected chi connectivity index (χ0v) is 15.5. The molecule has 0 aliphatic heterocycles. The van der Waals surface area contributed by atoms with Gasteiger partial charge < -0.3 is 0 Å². The first-order chi connectivity index (χ1) is 12.8. The maximum atomic E-state index is 12.4. The summed E-state index contributed by atoms with van der Waals surface area (Å²) >= 11 is 0. The van der Waals surface area contributed by atoms with Crippen molar-refractivity contribution in [1.29, 1.82) is 0 Å². The number of Topliss-reactive ketones (excluding diaryl/α,β-unsaturated/α-hetero) is 1. The standard InChI is InChI=1S/C24H29NO/c26-24(21-11-12-21)22-13-15-23(16-14-22)25(17-19-7-3-1-4-8-19)18-20-9-5-2-6-10-20/h1-10,21-23H,11-18H2/t22-,23-. The number of hydrogen-bond donors (Lipinski definition) is 0. The van der Waals surface area contributed by atoms with E-state index in [1.165, 1.54) is 11.1 Å². The third kappa shape index (κ3) is 4.42. The monoisotopic (exact) mass is 347 g/mol. The Bertz CT molecular complexity index is 658. The van der Waals surface area contributed by atoms with Gasteiger partial charge in [-0.3, -0.25) is 9.69 Å². The van der Waals surface area contributed by atoms with Crippen molar-refractivity contribution in [3.8, 4) is 0 Å². The summed E-state index contributed by atoms with van der Waals surface area (Å²) in [5, 5.41) is 0. The van der Waals surface area contributed by atoms with Gasteiger partial charge in [-0.2, -0.15) is 0 Å². The second kappa shape index (κ2) is 8.18. The van der Waals surface area contributed by atoms with Gasteiger partial charge in [0.25, 0.3) is 0 Å². The van der Waals surface area contributed by atoms with Gasteiger partial charge in [0, 0.05) is 31.0 Å². The van der Waals surface area contributed by atoms with Gasteiger partial charge in [0.15, 0.2) is 0 Å². The zero-order valence-electron chi connectivity index (χ0n) is 15.5. The summed E-state index contributed by atoms with van der Waals surface area (Å²) in [6, 6.07) is 22.1. The molecule has 0 N–H and O–H groups in total. The van der Waals surface area contributed by atoms with Crippen LogP contribution in [0.1, 0.15) is 49.7 Å². The molecule has 0 aromatic heterocycles. The normalized spacial score (nSPS) is 23.1. The van der Waals surface area contributed by atoms with Crippen LogP contribution in [0, 0.1) is 11.8 Å². The van der Waals surface area contributed by atoms with Crippen LogP contribution in [0.2, 0.25) is 0 Å². The lowest BCUT2D eigenvalue weighted by Gasteiger charge is -2.37. The Morgan fingerprint density at radius 1 is 0.692 bits per heavy atom. The summed E-state index contributed by atoms with van der Waals surface area (Å²) < 4.78 is 0. The zero-order chi connectivity index (χ0) is 17.8. The topological polar surface area (TPSA) is 20.3 Å². The number of carbonyl (C=O) groups excluding carboxylic acids is 1. The molecule has 2 saturated carbocycles. The summed E-state index contributed by atoms with van der Waals surface area (Å²) in [4.78, 5) is 15.0. The van der Waals surface area contributed by atoms with Gasteiger partial charge in [0.1, 0.15) is 5.78 Å². The van der Waals surface area contributed by atoms with Crippen LogP contribution in [-0.2, 0) is 17.9 Å². The molecule has 0 spiro atoms. The highest BCUT2D eigenvalue weighted by Crippen LogP contribution is 2.38. The lowest BCUT2D eigenvalue weighted by molar-refractivity contribution is -0.125. The van der Waals surface area contributed by atoms with E-state index in [1.807, 2.05) is 0 Å². The van der Waals surface area contributed by atoms with Crippen molar-refractivity contribution in [2.24, 2.45) is 11.8 Å². The lowest BCUT2D eigenvalue weighted by atomic mass is 9.81. The molecule has 0 atom stereocenters. The summed E-state index contributed by atoms with van der Waals surface area (Å²) in [6.07, 6.45) is 6.77. The molecule has 4 rings (SSSR count). The molecule has 0 amide bonds. The van der Waals surface area contributed by atoms with E-state index >= 15 is 0 Å². The summed E-state index contributed by atoms with van der Waals surface area (Å²) in [5.41, 5.74) is 2.75. The molecule has 26 heavy (non-hydrogen) atoms. The average molecular weight is 348 g/mol. The fourth-order valence-electron chi connectivity index (χ4n) is 4.38. The highest BCUT2D eigenvalue weighted by molar-refractivity contribution is 5.85. The predicted octanol–water partition coefficient (Wildman–Crippen LogP) is 5.23. The second-order valence-electron chi connectivity index (χ2n) is 8.06. The van der Waals surface area contributed by atoms with Crippen molar-refractivity contribution in [3.63, 3.8) is 0 Å². The molecule has 2 nitrogen and oxygen atoms in total. The van der Waals surface area contributed by atoms with Crippen molar-refractivity contribution in [3.05, 3.63) is 71.8 Å². The molecule has 2 aliphatic rings. The Kier molecular flexibility index (Phi) is 5.50. The minimum Gasteiger partial charge on any atom is -0.299 e. The van der Waals surface area contributed by atoms with Gasteiger partial charge in [0.2, 0.25) is 0 Å². The number of hydrogen-bond acceptors (Lipinski definition) is 2. The van der Waals surface area contributed by atoms with Crippen LogP contribution in [0.15, 0.2) is 60.7 Å². The maximum absolute atomic E-state index is 12.4.